The summed E-state index contributed by atoms with van der Waals surface area (Å²) in [4.78, 5) is 15.9. The minimum absolute atomic E-state index is 0.0863. The molecule has 0 unspecified atom stereocenters. The van der Waals surface area contributed by atoms with Crippen molar-refractivity contribution in [3.05, 3.63) is 71.4 Å². The smallest absolute Gasteiger partial charge is 0.496 e. The predicted molar refractivity (Wildman–Crippen MR) is 108 cm³/mol. The van der Waals surface area contributed by atoms with Crippen molar-refractivity contribution in [3.63, 3.8) is 0 Å². The Hall–Kier alpha value is -3.75. The average Bonchev–Trinajstić information content (AvgIpc) is 2.71. The normalized spacial score (nSPS) is 11.1. The predicted octanol–water partition coefficient (Wildman–Crippen LogP) is 5.27. The minimum atomic E-state index is -4.75. The number of hydrogen-bond donors (Lipinski definition) is 2. The van der Waals surface area contributed by atoms with E-state index < -0.39 is 12.3 Å². The molecular formula is C22H19F3N2O4. The van der Waals surface area contributed by atoms with Crippen LogP contribution in [0.25, 0.3) is 11.1 Å². The van der Waals surface area contributed by atoms with Gasteiger partial charge in [0.15, 0.2) is 0 Å². The highest BCUT2D eigenvalue weighted by atomic mass is 19.4. The first kappa shape index (κ1) is 21.9. The molecule has 9 heteroatoms. The topological polar surface area (TPSA) is 80.7 Å². The Bertz CT molecular complexity index is 1080. The van der Waals surface area contributed by atoms with Gasteiger partial charge >= 0.3 is 12.3 Å². The summed E-state index contributed by atoms with van der Waals surface area (Å²) in [5.41, 5.74) is 2.65. The van der Waals surface area contributed by atoms with Crippen LogP contribution in [0.5, 0.6) is 11.5 Å². The number of anilines is 1. The Labute approximate surface area is 176 Å². The SMILES string of the molecule is COc1ccc(-c2ccc(NCc3cccc(OC(F)(F)F)c3)nc2)c(C)c1C(=O)O. The number of nitrogens with zero attached hydrogens (tertiary/aromatic N) is 1. The average molecular weight is 432 g/mol. The van der Waals surface area contributed by atoms with Gasteiger partial charge in [-0.1, -0.05) is 18.2 Å². The Balaban J connectivity index is 1.74. The number of pyridine rings is 1. The third kappa shape index (κ3) is 5.44. The number of alkyl halides is 3. The van der Waals surface area contributed by atoms with E-state index >= 15 is 0 Å². The fourth-order valence-corrected chi connectivity index (χ4v) is 3.14. The first-order valence-corrected chi connectivity index (χ1v) is 9.14. The van der Waals surface area contributed by atoms with Crippen molar-refractivity contribution in [2.75, 3.05) is 12.4 Å². The number of rotatable bonds is 7. The van der Waals surface area contributed by atoms with Crippen molar-refractivity contribution in [2.24, 2.45) is 0 Å². The summed E-state index contributed by atoms with van der Waals surface area (Å²) >= 11 is 0. The van der Waals surface area contributed by atoms with Crippen LogP contribution in [0.4, 0.5) is 19.0 Å². The molecule has 6 nitrogen and oxygen atoms in total. The highest BCUT2D eigenvalue weighted by Gasteiger charge is 2.31. The van der Waals surface area contributed by atoms with Gasteiger partial charge in [-0.05, 0) is 53.9 Å². The molecule has 0 atom stereocenters. The van der Waals surface area contributed by atoms with Crippen molar-refractivity contribution in [1.82, 2.24) is 4.98 Å². The lowest BCUT2D eigenvalue weighted by molar-refractivity contribution is -0.274. The van der Waals surface area contributed by atoms with E-state index in [1.807, 2.05) is 0 Å². The number of aromatic carboxylic acids is 1. The summed E-state index contributed by atoms with van der Waals surface area (Å²) in [6.07, 6.45) is -3.16. The molecule has 31 heavy (non-hydrogen) atoms. The fourth-order valence-electron chi connectivity index (χ4n) is 3.14. The van der Waals surface area contributed by atoms with E-state index in [0.717, 1.165) is 0 Å². The quantitative estimate of drug-likeness (QED) is 0.529. The standard InChI is InChI=1S/C22H19F3N2O4/c1-13-17(7-8-18(30-2)20(13)21(28)29)15-6-9-19(27-12-15)26-11-14-4-3-5-16(10-14)31-22(23,24)25/h3-10,12H,11H2,1-2H3,(H,26,27)(H,28,29). The molecule has 2 aromatic carbocycles. The van der Waals surface area contributed by atoms with Crippen LogP contribution in [0.15, 0.2) is 54.7 Å². The highest BCUT2D eigenvalue weighted by Crippen LogP contribution is 2.32. The molecule has 1 heterocycles. The minimum Gasteiger partial charge on any atom is -0.496 e. The van der Waals surface area contributed by atoms with Gasteiger partial charge in [0.25, 0.3) is 0 Å². The van der Waals surface area contributed by atoms with Gasteiger partial charge in [-0.3, -0.25) is 0 Å². The number of aromatic nitrogens is 1. The second-order valence-electron chi connectivity index (χ2n) is 6.60. The molecule has 0 bridgehead atoms. The Morgan fingerprint density at radius 2 is 1.94 bits per heavy atom. The van der Waals surface area contributed by atoms with E-state index in [1.165, 1.54) is 25.3 Å². The van der Waals surface area contributed by atoms with E-state index in [4.69, 9.17) is 4.74 Å². The molecule has 0 spiro atoms. The van der Waals surface area contributed by atoms with Crippen molar-refractivity contribution in [2.45, 2.75) is 19.8 Å². The number of carbonyl (C=O) groups is 1. The van der Waals surface area contributed by atoms with Gasteiger partial charge in [-0.2, -0.15) is 0 Å². The summed E-state index contributed by atoms with van der Waals surface area (Å²) in [7, 11) is 1.41. The van der Waals surface area contributed by atoms with Crippen LogP contribution in [-0.4, -0.2) is 29.5 Å². The maximum atomic E-state index is 12.4. The molecule has 0 aliphatic carbocycles. The molecular weight excluding hydrogens is 413 g/mol. The summed E-state index contributed by atoms with van der Waals surface area (Å²) in [5.74, 6) is -0.592. The number of benzene rings is 2. The second kappa shape index (κ2) is 8.95. The molecule has 3 rings (SSSR count). The fraction of sp³-hybridized carbons (Fsp3) is 0.182. The lowest BCUT2D eigenvalue weighted by atomic mass is 9.96. The van der Waals surface area contributed by atoms with E-state index in [1.54, 1.807) is 43.5 Å². The van der Waals surface area contributed by atoms with Crippen LogP contribution in [0.3, 0.4) is 0 Å². The number of methoxy groups -OCH3 is 1. The van der Waals surface area contributed by atoms with E-state index in [-0.39, 0.29) is 23.6 Å². The molecule has 0 amide bonds. The van der Waals surface area contributed by atoms with Gasteiger partial charge in [-0.15, -0.1) is 13.2 Å². The van der Waals surface area contributed by atoms with E-state index in [0.29, 0.717) is 28.1 Å². The summed E-state index contributed by atoms with van der Waals surface area (Å²) in [5, 5.41) is 12.5. The number of nitrogens with one attached hydrogen (secondary N) is 1. The summed E-state index contributed by atoms with van der Waals surface area (Å²) < 4.78 is 46.1. The van der Waals surface area contributed by atoms with E-state index in [9.17, 15) is 23.1 Å². The maximum absolute atomic E-state index is 12.4. The van der Waals surface area contributed by atoms with Gasteiger partial charge in [0.1, 0.15) is 22.9 Å². The van der Waals surface area contributed by atoms with E-state index in [2.05, 4.69) is 15.0 Å². The molecule has 162 valence electrons. The molecule has 1 aromatic heterocycles. The van der Waals surface area contributed by atoms with Crippen LogP contribution >= 0.6 is 0 Å². The molecule has 0 radical (unpaired) electrons. The number of carboxylic acids is 1. The lowest BCUT2D eigenvalue weighted by Gasteiger charge is -2.13. The summed E-state index contributed by atoms with van der Waals surface area (Å²) in [6.45, 7) is 1.94. The molecule has 0 saturated carbocycles. The molecule has 0 fully saturated rings. The second-order valence-corrected chi connectivity index (χ2v) is 6.60. The first-order chi connectivity index (χ1) is 14.7. The Morgan fingerprint density at radius 3 is 2.55 bits per heavy atom. The number of ether oxygens (including phenoxy) is 2. The van der Waals surface area contributed by atoms with Gasteiger partial charge in [0, 0.05) is 18.3 Å². The van der Waals surface area contributed by atoms with Gasteiger partial charge < -0.3 is 19.9 Å². The first-order valence-electron chi connectivity index (χ1n) is 9.14. The van der Waals surface area contributed by atoms with Crippen LogP contribution < -0.4 is 14.8 Å². The third-order valence-corrected chi connectivity index (χ3v) is 4.54. The zero-order valence-electron chi connectivity index (χ0n) is 16.7. The lowest BCUT2D eigenvalue weighted by Crippen LogP contribution is -2.17. The zero-order chi connectivity index (χ0) is 22.6. The van der Waals surface area contributed by atoms with Gasteiger partial charge in [0.05, 0.1) is 7.11 Å². The largest absolute Gasteiger partial charge is 0.573 e. The van der Waals surface area contributed by atoms with Crippen LogP contribution in [0.1, 0.15) is 21.5 Å². The zero-order valence-corrected chi connectivity index (χ0v) is 16.7. The van der Waals surface area contributed by atoms with Crippen molar-refractivity contribution in [3.8, 4) is 22.6 Å². The molecule has 0 aliphatic heterocycles. The number of halogens is 3. The number of hydrogen-bond acceptors (Lipinski definition) is 5. The maximum Gasteiger partial charge on any atom is 0.573 e. The van der Waals surface area contributed by atoms with Crippen LogP contribution in [0.2, 0.25) is 0 Å². The van der Waals surface area contributed by atoms with Crippen molar-refractivity contribution >= 4 is 11.8 Å². The van der Waals surface area contributed by atoms with Crippen molar-refractivity contribution in [1.29, 1.82) is 0 Å². The molecule has 2 N–H and O–H groups in total. The Morgan fingerprint density at radius 1 is 1.16 bits per heavy atom. The van der Waals surface area contributed by atoms with Gasteiger partial charge in [0.2, 0.25) is 0 Å². The Kier molecular flexibility index (Phi) is 6.33. The number of carboxylic acid groups (broad SMARTS) is 1. The van der Waals surface area contributed by atoms with Crippen LogP contribution in [-0.2, 0) is 6.54 Å². The molecule has 3 aromatic rings. The highest BCUT2D eigenvalue weighted by molar-refractivity contribution is 5.95. The van der Waals surface area contributed by atoms with Crippen molar-refractivity contribution < 1.29 is 32.5 Å². The van der Waals surface area contributed by atoms with Crippen LogP contribution in [0, 0.1) is 6.92 Å². The molecule has 0 aliphatic rings. The van der Waals surface area contributed by atoms with Gasteiger partial charge in [-0.25, -0.2) is 9.78 Å². The molecule has 0 saturated heterocycles. The monoisotopic (exact) mass is 432 g/mol. The third-order valence-electron chi connectivity index (χ3n) is 4.54. The summed E-state index contributed by atoms with van der Waals surface area (Å²) in [6, 6.07) is 12.5.